The highest BCUT2D eigenvalue weighted by Crippen LogP contribution is 2.30. The third-order valence-electron chi connectivity index (χ3n) is 4.49. The molecule has 1 aromatic heterocycles. The number of nitrogens with one attached hydrogen (secondary N) is 1. The van der Waals surface area contributed by atoms with E-state index in [1.54, 1.807) is 6.07 Å². The van der Waals surface area contributed by atoms with E-state index in [1.165, 1.54) is 41.7 Å². The van der Waals surface area contributed by atoms with Crippen LogP contribution in [0.1, 0.15) is 34.3 Å². The van der Waals surface area contributed by atoms with E-state index >= 15 is 0 Å². The summed E-state index contributed by atoms with van der Waals surface area (Å²) in [6.07, 6.45) is 4.88. The Morgan fingerprint density at radius 2 is 1.88 bits per heavy atom. The molecule has 1 aliphatic rings. The molecule has 0 fully saturated rings. The SMILES string of the molecule is O=C(Nc1nc(-c2ccc3c(c2)CCCC3)cs1)c1ccccc1Br. The summed E-state index contributed by atoms with van der Waals surface area (Å²) in [6, 6.07) is 14.0. The van der Waals surface area contributed by atoms with Crippen LogP contribution in [-0.2, 0) is 12.8 Å². The summed E-state index contributed by atoms with van der Waals surface area (Å²) in [5, 5.41) is 5.51. The molecule has 1 amide bonds. The average molecular weight is 413 g/mol. The molecule has 3 nitrogen and oxygen atoms in total. The van der Waals surface area contributed by atoms with E-state index in [1.807, 2.05) is 23.6 Å². The van der Waals surface area contributed by atoms with Crippen LogP contribution in [0.2, 0.25) is 0 Å². The Morgan fingerprint density at radius 1 is 1.08 bits per heavy atom. The molecule has 25 heavy (non-hydrogen) atoms. The second kappa shape index (κ2) is 7.10. The largest absolute Gasteiger partial charge is 0.298 e. The summed E-state index contributed by atoms with van der Waals surface area (Å²) < 4.78 is 0.777. The van der Waals surface area contributed by atoms with Crippen LogP contribution in [0.15, 0.2) is 52.3 Å². The predicted octanol–water partition coefficient (Wildman–Crippen LogP) is 5.70. The van der Waals surface area contributed by atoms with Gasteiger partial charge in [-0.1, -0.05) is 24.3 Å². The fourth-order valence-corrected chi connectivity index (χ4v) is 4.35. The lowest BCUT2D eigenvalue weighted by Crippen LogP contribution is -2.12. The molecule has 5 heteroatoms. The quantitative estimate of drug-likeness (QED) is 0.598. The number of carbonyl (C=O) groups excluding carboxylic acids is 1. The van der Waals surface area contributed by atoms with E-state index in [2.05, 4.69) is 44.4 Å². The van der Waals surface area contributed by atoms with Crippen molar-refractivity contribution in [3.63, 3.8) is 0 Å². The van der Waals surface area contributed by atoms with Crippen molar-refractivity contribution < 1.29 is 4.79 Å². The first-order valence-corrected chi connectivity index (χ1v) is 10.0. The van der Waals surface area contributed by atoms with Crippen molar-refractivity contribution in [2.24, 2.45) is 0 Å². The molecule has 0 atom stereocenters. The number of thiazole rings is 1. The number of anilines is 1. The first-order valence-electron chi connectivity index (χ1n) is 8.34. The maximum atomic E-state index is 12.4. The summed E-state index contributed by atoms with van der Waals surface area (Å²) in [6.45, 7) is 0. The minimum atomic E-state index is -0.154. The minimum Gasteiger partial charge on any atom is -0.298 e. The van der Waals surface area contributed by atoms with Crippen molar-refractivity contribution in [2.75, 3.05) is 5.32 Å². The zero-order valence-electron chi connectivity index (χ0n) is 13.6. The van der Waals surface area contributed by atoms with Gasteiger partial charge in [-0.05, 0) is 70.9 Å². The van der Waals surface area contributed by atoms with Crippen LogP contribution in [0.4, 0.5) is 5.13 Å². The van der Waals surface area contributed by atoms with E-state index in [0.717, 1.165) is 22.2 Å². The van der Waals surface area contributed by atoms with Gasteiger partial charge in [0.25, 0.3) is 5.91 Å². The van der Waals surface area contributed by atoms with Crippen LogP contribution in [0.25, 0.3) is 11.3 Å². The van der Waals surface area contributed by atoms with Crippen LogP contribution in [0.3, 0.4) is 0 Å². The van der Waals surface area contributed by atoms with Gasteiger partial charge >= 0.3 is 0 Å². The van der Waals surface area contributed by atoms with Gasteiger partial charge in [0, 0.05) is 15.4 Å². The lowest BCUT2D eigenvalue weighted by molar-refractivity contribution is 0.102. The van der Waals surface area contributed by atoms with Gasteiger partial charge in [0.05, 0.1) is 11.3 Å². The molecule has 3 aromatic rings. The fourth-order valence-electron chi connectivity index (χ4n) is 3.17. The highest BCUT2D eigenvalue weighted by molar-refractivity contribution is 9.10. The van der Waals surface area contributed by atoms with Crippen molar-refractivity contribution in [1.82, 2.24) is 4.98 Å². The van der Waals surface area contributed by atoms with E-state index in [4.69, 9.17) is 0 Å². The lowest BCUT2D eigenvalue weighted by atomic mass is 9.90. The molecule has 0 spiro atoms. The number of benzene rings is 2. The number of amides is 1. The molecule has 4 rings (SSSR count). The first-order chi connectivity index (χ1) is 12.2. The van der Waals surface area contributed by atoms with Gasteiger partial charge in [-0.15, -0.1) is 11.3 Å². The van der Waals surface area contributed by atoms with Gasteiger partial charge in [0.15, 0.2) is 5.13 Å². The molecule has 1 N–H and O–H groups in total. The maximum Gasteiger partial charge on any atom is 0.258 e. The van der Waals surface area contributed by atoms with Crippen LogP contribution in [0, 0.1) is 0 Å². The Kier molecular flexibility index (Phi) is 4.68. The highest BCUT2D eigenvalue weighted by Gasteiger charge is 2.14. The van der Waals surface area contributed by atoms with Gasteiger partial charge < -0.3 is 0 Å². The van der Waals surface area contributed by atoms with Crippen molar-refractivity contribution in [3.05, 3.63) is 69.0 Å². The fraction of sp³-hybridized carbons (Fsp3) is 0.200. The summed E-state index contributed by atoms with van der Waals surface area (Å²) in [7, 11) is 0. The molecule has 0 saturated carbocycles. The number of rotatable bonds is 3. The van der Waals surface area contributed by atoms with E-state index in [-0.39, 0.29) is 5.91 Å². The molecule has 0 saturated heterocycles. The number of aryl methyl sites for hydroxylation is 2. The molecule has 2 aromatic carbocycles. The zero-order valence-corrected chi connectivity index (χ0v) is 16.0. The van der Waals surface area contributed by atoms with Gasteiger partial charge in [-0.3, -0.25) is 10.1 Å². The van der Waals surface area contributed by atoms with Gasteiger partial charge in [0.1, 0.15) is 0 Å². The summed E-state index contributed by atoms with van der Waals surface area (Å²) >= 11 is 4.86. The summed E-state index contributed by atoms with van der Waals surface area (Å²) in [4.78, 5) is 17.0. The standard InChI is InChI=1S/C20H17BrN2OS/c21-17-8-4-3-7-16(17)19(24)23-20-22-18(12-25-20)15-10-9-13-5-1-2-6-14(13)11-15/h3-4,7-12H,1-2,5-6H2,(H,22,23,24). The topological polar surface area (TPSA) is 42.0 Å². The zero-order chi connectivity index (χ0) is 17.2. The molecule has 1 heterocycles. The molecule has 126 valence electrons. The minimum absolute atomic E-state index is 0.154. The van der Waals surface area contributed by atoms with Crippen molar-refractivity contribution in [3.8, 4) is 11.3 Å². The monoisotopic (exact) mass is 412 g/mol. The Balaban J connectivity index is 1.54. The Labute approximate surface area is 159 Å². The van der Waals surface area contributed by atoms with Gasteiger partial charge in [-0.25, -0.2) is 4.98 Å². The third-order valence-corrected chi connectivity index (χ3v) is 5.94. The average Bonchev–Trinajstić information content (AvgIpc) is 3.10. The van der Waals surface area contributed by atoms with Crippen LogP contribution < -0.4 is 5.32 Å². The summed E-state index contributed by atoms with van der Waals surface area (Å²) in [5.41, 5.74) is 5.55. The molecule has 1 aliphatic carbocycles. The van der Waals surface area contributed by atoms with Crippen LogP contribution in [-0.4, -0.2) is 10.9 Å². The Bertz CT molecular complexity index is 935. The molecular formula is C20H17BrN2OS. The number of aromatic nitrogens is 1. The normalized spacial score (nSPS) is 13.3. The maximum absolute atomic E-state index is 12.4. The van der Waals surface area contributed by atoms with Gasteiger partial charge in [-0.2, -0.15) is 0 Å². The summed E-state index contributed by atoms with van der Waals surface area (Å²) in [5.74, 6) is -0.154. The number of carbonyl (C=O) groups is 1. The van der Waals surface area contributed by atoms with E-state index in [9.17, 15) is 4.79 Å². The number of halogens is 1. The second-order valence-corrected chi connectivity index (χ2v) is 7.87. The molecule has 0 radical (unpaired) electrons. The number of hydrogen-bond acceptors (Lipinski definition) is 3. The van der Waals surface area contributed by atoms with Crippen molar-refractivity contribution in [1.29, 1.82) is 0 Å². The van der Waals surface area contributed by atoms with Crippen molar-refractivity contribution >= 4 is 38.3 Å². The number of fused-ring (bicyclic) bond motifs is 1. The molecule has 0 aliphatic heterocycles. The lowest BCUT2D eigenvalue weighted by Gasteiger charge is -2.16. The number of hydrogen-bond donors (Lipinski definition) is 1. The molecule has 0 bridgehead atoms. The third kappa shape index (κ3) is 3.53. The predicted molar refractivity (Wildman–Crippen MR) is 106 cm³/mol. The smallest absolute Gasteiger partial charge is 0.258 e. The highest BCUT2D eigenvalue weighted by atomic mass is 79.9. The number of nitrogens with zero attached hydrogens (tertiary/aromatic N) is 1. The van der Waals surface area contributed by atoms with Crippen LogP contribution >= 0.6 is 27.3 Å². The van der Waals surface area contributed by atoms with Crippen LogP contribution in [0.5, 0.6) is 0 Å². The van der Waals surface area contributed by atoms with Gasteiger partial charge in [0.2, 0.25) is 0 Å². The Morgan fingerprint density at radius 3 is 2.72 bits per heavy atom. The molecular weight excluding hydrogens is 396 g/mol. The van der Waals surface area contributed by atoms with E-state index in [0.29, 0.717) is 10.7 Å². The van der Waals surface area contributed by atoms with Crippen molar-refractivity contribution in [2.45, 2.75) is 25.7 Å². The second-order valence-electron chi connectivity index (χ2n) is 6.16. The molecule has 0 unspecified atom stereocenters. The first kappa shape index (κ1) is 16.5. The van der Waals surface area contributed by atoms with E-state index < -0.39 is 0 Å². The Hall–Kier alpha value is -1.98.